The normalized spacial score (nSPS) is 15.1. The Morgan fingerprint density at radius 3 is 1.75 bits per heavy atom. The van der Waals surface area contributed by atoms with E-state index in [2.05, 4.69) is 14.9 Å². The fraction of sp³-hybridized carbons (Fsp3) is 0.353. The van der Waals surface area contributed by atoms with E-state index < -0.39 is 5.97 Å². The lowest BCUT2D eigenvalue weighted by Crippen LogP contribution is -2.10. The Labute approximate surface area is 256 Å². The number of ether oxygens (including phenoxy) is 2. The van der Waals surface area contributed by atoms with Crippen LogP contribution in [0.3, 0.4) is 0 Å². The highest BCUT2D eigenvalue weighted by atomic mass is 16.5. The first kappa shape index (κ1) is 30.6. The molecule has 0 unspecified atom stereocenters. The summed E-state index contributed by atoms with van der Waals surface area (Å²) in [4.78, 5) is 44.1. The quantitative estimate of drug-likeness (QED) is 0.138. The Hall–Kier alpha value is -4.86. The maximum Gasteiger partial charge on any atom is 0.341 e. The van der Waals surface area contributed by atoms with Crippen LogP contribution >= 0.6 is 0 Å². The average Bonchev–Trinajstić information content (AvgIpc) is 3.97. The zero-order valence-electron chi connectivity index (χ0n) is 24.9. The van der Waals surface area contributed by atoms with E-state index in [9.17, 15) is 19.2 Å². The summed E-state index contributed by atoms with van der Waals surface area (Å²) in [7, 11) is 2.70. The highest BCUT2D eigenvalue weighted by Gasteiger charge is 2.33. The highest BCUT2D eigenvalue weighted by Crippen LogP contribution is 2.43. The Bertz CT molecular complexity index is 1600. The molecule has 0 N–H and O–H groups in total. The van der Waals surface area contributed by atoms with E-state index in [0.29, 0.717) is 17.4 Å². The van der Waals surface area contributed by atoms with E-state index in [4.69, 9.17) is 4.74 Å². The number of benzene rings is 2. The van der Waals surface area contributed by atoms with Gasteiger partial charge < -0.3 is 9.47 Å². The maximum atomic E-state index is 11.7. The van der Waals surface area contributed by atoms with E-state index in [1.54, 1.807) is 12.4 Å². The van der Waals surface area contributed by atoms with Crippen molar-refractivity contribution in [2.24, 2.45) is 5.92 Å². The third kappa shape index (κ3) is 7.55. The Morgan fingerprint density at radius 1 is 0.750 bits per heavy atom. The van der Waals surface area contributed by atoms with E-state index >= 15 is 0 Å². The molecule has 0 bridgehead atoms. The van der Waals surface area contributed by atoms with Crippen molar-refractivity contribution in [1.29, 1.82) is 0 Å². The molecule has 0 aliphatic heterocycles. The first-order valence-corrected chi connectivity index (χ1v) is 14.8. The number of hydrogen-bond donors (Lipinski definition) is 0. The van der Waals surface area contributed by atoms with Crippen LogP contribution < -0.4 is 0 Å². The van der Waals surface area contributed by atoms with Gasteiger partial charge in [-0.25, -0.2) is 14.2 Å². The van der Waals surface area contributed by atoms with Crippen molar-refractivity contribution in [3.8, 4) is 11.4 Å². The maximum absolute atomic E-state index is 11.7. The van der Waals surface area contributed by atoms with Gasteiger partial charge in [0.1, 0.15) is 17.8 Å². The van der Waals surface area contributed by atoms with Gasteiger partial charge in [0, 0.05) is 17.8 Å². The second kappa shape index (κ2) is 14.1. The van der Waals surface area contributed by atoms with E-state index in [1.807, 2.05) is 70.0 Å². The smallest absolute Gasteiger partial charge is 0.341 e. The molecule has 3 aliphatic rings. The minimum Gasteiger partial charge on any atom is -0.469 e. The summed E-state index contributed by atoms with van der Waals surface area (Å²) in [6.45, 7) is 0. The van der Waals surface area contributed by atoms with Gasteiger partial charge in [-0.05, 0) is 62.8 Å². The van der Waals surface area contributed by atoms with Crippen molar-refractivity contribution < 1.29 is 28.7 Å². The number of nitrogens with zero attached hydrogens (tertiary/aromatic N) is 4. The van der Waals surface area contributed by atoms with Crippen LogP contribution in [0.5, 0.6) is 0 Å². The summed E-state index contributed by atoms with van der Waals surface area (Å²) in [5.41, 5.74) is 5.37. The first-order chi connectivity index (χ1) is 21.4. The molecule has 0 saturated heterocycles. The van der Waals surface area contributed by atoms with Gasteiger partial charge in [0.25, 0.3) is 0 Å². The number of rotatable bonds is 9. The SMILES string of the molecule is COC(=O)CC(=O)C1CC1.COC(=O)c1cnn(-c2ccccc2)c1C1CC1.O=Cc1cnn(-c2ccccc2)c1C1CC1. The minimum atomic E-state index is -0.420. The topological polar surface area (TPSA) is 122 Å². The van der Waals surface area contributed by atoms with E-state index in [0.717, 1.165) is 60.3 Å². The van der Waals surface area contributed by atoms with Crippen molar-refractivity contribution in [3.05, 3.63) is 95.6 Å². The molecule has 10 heteroatoms. The summed E-state index contributed by atoms with van der Waals surface area (Å²) >= 11 is 0. The van der Waals surface area contributed by atoms with Gasteiger partial charge in [-0.2, -0.15) is 10.2 Å². The van der Waals surface area contributed by atoms with Crippen LogP contribution in [0.15, 0.2) is 73.1 Å². The summed E-state index contributed by atoms with van der Waals surface area (Å²) in [6.07, 6.45) is 10.6. The van der Waals surface area contributed by atoms with Gasteiger partial charge in [0.15, 0.2) is 6.29 Å². The van der Waals surface area contributed by atoms with Crippen LogP contribution in [-0.4, -0.2) is 57.8 Å². The largest absolute Gasteiger partial charge is 0.469 e. The second-order valence-electron chi connectivity index (χ2n) is 11.1. The molecule has 4 aromatic rings. The lowest BCUT2D eigenvalue weighted by Gasteiger charge is -2.07. The minimum absolute atomic E-state index is 0.0341. The molecule has 3 fully saturated rings. The van der Waals surface area contributed by atoms with Crippen LogP contribution in [0.4, 0.5) is 0 Å². The lowest BCUT2D eigenvalue weighted by atomic mass is 10.1. The summed E-state index contributed by atoms with van der Waals surface area (Å²) in [5.74, 6) is 0.423. The van der Waals surface area contributed by atoms with Crippen LogP contribution in [-0.2, 0) is 19.1 Å². The molecule has 2 aromatic heterocycles. The van der Waals surface area contributed by atoms with E-state index in [1.165, 1.54) is 27.1 Å². The van der Waals surface area contributed by atoms with Gasteiger partial charge in [-0.15, -0.1) is 0 Å². The van der Waals surface area contributed by atoms with Crippen LogP contribution in [0, 0.1) is 5.92 Å². The zero-order valence-corrected chi connectivity index (χ0v) is 24.9. The predicted octanol–water partition coefficient (Wildman–Crippen LogP) is 5.63. The van der Waals surface area contributed by atoms with Gasteiger partial charge in [0.05, 0.1) is 54.9 Å². The molecule has 2 aromatic carbocycles. The van der Waals surface area contributed by atoms with Crippen molar-refractivity contribution in [1.82, 2.24) is 19.6 Å². The van der Waals surface area contributed by atoms with Gasteiger partial charge in [-0.3, -0.25) is 14.4 Å². The monoisotopic (exact) mass is 596 g/mol. The molecule has 0 amide bonds. The average molecular weight is 597 g/mol. The van der Waals surface area contributed by atoms with Crippen molar-refractivity contribution >= 4 is 24.0 Å². The number of ketones is 1. The number of aromatic nitrogens is 4. The number of carbonyl (C=O) groups excluding carboxylic acids is 4. The number of para-hydroxylation sites is 2. The van der Waals surface area contributed by atoms with Crippen molar-refractivity contribution in [2.45, 2.75) is 56.8 Å². The summed E-state index contributed by atoms with van der Waals surface area (Å²) < 4.78 is 12.9. The van der Waals surface area contributed by atoms with Crippen LogP contribution in [0.2, 0.25) is 0 Å². The van der Waals surface area contributed by atoms with E-state index in [-0.39, 0.29) is 24.1 Å². The van der Waals surface area contributed by atoms with Crippen LogP contribution in [0.1, 0.15) is 88.9 Å². The van der Waals surface area contributed by atoms with Crippen molar-refractivity contribution in [2.75, 3.05) is 14.2 Å². The number of esters is 2. The first-order valence-electron chi connectivity index (χ1n) is 14.8. The second-order valence-corrected chi connectivity index (χ2v) is 11.1. The molecule has 3 aliphatic carbocycles. The lowest BCUT2D eigenvalue weighted by molar-refractivity contribution is -0.143. The third-order valence-electron chi connectivity index (χ3n) is 7.68. The van der Waals surface area contributed by atoms with Crippen LogP contribution in [0.25, 0.3) is 11.4 Å². The number of aldehydes is 1. The molecule has 0 atom stereocenters. The Balaban J connectivity index is 0.000000136. The van der Waals surface area contributed by atoms with Gasteiger partial charge >= 0.3 is 11.9 Å². The molecule has 228 valence electrons. The highest BCUT2D eigenvalue weighted by molar-refractivity contribution is 5.97. The number of methoxy groups -OCH3 is 2. The number of hydrogen-bond acceptors (Lipinski definition) is 8. The molecular formula is C34H36N4O6. The fourth-order valence-electron chi connectivity index (χ4n) is 4.92. The molecule has 3 saturated carbocycles. The number of Topliss-reactive ketones (excluding diaryl/α,β-unsaturated/α-hetero) is 1. The Morgan fingerprint density at radius 2 is 1.27 bits per heavy atom. The third-order valence-corrected chi connectivity index (χ3v) is 7.68. The molecule has 2 heterocycles. The molecule has 10 nitrogen and oxygen atoms in total. The Kier molecular flexibility index (Phi) is 9.79. The van der Waals surface area contributed by atoms with Crippen molar-refractivity contribution in [3.63, 3.8) is 0 Å². The molecule has 44 heavy (non-hydrogen) atoms. The zero-order chi connectivity index (χ0) is 31.1. The standard InChI is InChI=1S/C14H14N2O2.C13H12N2O.C7H10O3/c1-18-14(17)12-9-15-16(13(12)10-7-8-10)11-5-3-2-4-6-11;16-9-11-8-14-15(13(11)10-6-7-10)12-4-2-1-3-5-12;1-10-7(9)4-6(8)5-2-3-5/h2-6,9-10H,7-8H2,1H3;1-5,8-10H,6-7H2;5H,2-4H2,1H3. The van der Waals surface area contributed by atoms with Gasteiger partial charge in [-0.1, -0.05) is 36.4 Å². The molecular weight excluding hydrogens is 560 g/mol. The molecule has 0 spiro atoms. The summed E-state index contributed by atoms with van der Waals surface area (Å²) in [5, 5.41) is 8.64. The number of carbonyl (C=O) groups is 4. The summed E-state index contributed by atoms with van der Waals surface area (Å²) in [6, 6.07) is 19.8. The fourth-order valence-corrected chi connectivity index (χ4v) is 4.92. The molecule has 0 radical (unpaired) electrons. The van der Waals surface area contributed by atoms with Gasteiger partial charge in [0.2, 0.25) is 0 Å². The molecule has 7 rings (SSSR count). The predicted molar refractivity (Wildman–Crippen MR) is 162 cm³/mol.